The summed E-state index contributed by atoms with van der Waals surface area (Å²) in [6.45, 7) is 3.88. The standard InChI is InChI=1S/C20H25FN4O3/c1-13(25-14(2)26)12-27-16-4-6-17(7-5-16)28-20-18(21)10-15(11-24-20)19-22-8-3-9-23-19/h3,8-11,13,16-17H,4-7,12H2,1-2H3,(H,25,26)/t13-,16?,17?/m0/s1. The van der Waals surface area contributed by atoms with Crippen molar-refractivity contribution in [3.8, 4) is 17.3 Å². The number of amides is 1. The van der Waals surface area contributed by atoms with Crippen molar-refractivity contribution in [1.29, 1.82) is 0 Å². The van der Waals surface area contributed by atoms with Crippen molar-refractivity contribution in [3.05, 3.63) is 36.5 Å². The van der Waals surface area contributed by atoms with Gasteiger partial charge < -0.3 is 14.8 Å². The molecule has 0 saturated heterocycles. The molecule has 0 radical (unpaired) electrons. The second-order valence-corrected chi connectivity index (χ2v) is 7.03. The number of pyridine rings is 1. The van der Waals surface area contributed by atoms with Gasteiger partial charge in [0.2, 0.25) is 5.91 Å². The number of ether oxygens (including phenoxy) is 2. The molecule has 0 spiro atoms. The Morgan fingerprint density at radius 3 is 2.54 bits per heavy atom. The van der Waals surface area contributed by atoms with Gasteiger partial charge >= 0.3 is 0 Å². The zero-order valence-electron chi connectivity index (χ0n) is 16.1. The Morgan fingerprint density at radius 1 is 1.21 bits per heavy atom. The molecule has 150 valence electrons. The fourth-order valence-electron chi connectivity index (χ4n) is 3.23. The second-order valence-electron chi connectivity index (χ2n) is 7.03. The van der Waals surface area contributed by atoms with E-state index >= 15 is 0 Å². The van der Waals surface area contributed by atoms with Crippen LogP contribution in [0.5, 0.6) is 5.88 Å². The number of hydrogen-bond acceptors (Lipinski definition) is 6. The molecule has 3 rings (SSSR count). The molecule has 0 unspecified atom stereocenters. The lowest BCUT2D eigenvalue weighted by Gasteiger charge is -2.29. The smallest absolute Gasteiger partial charge is 0.250 e. The number of hydrogen-bond donors (Lipinski definition) is 1. The molecule has 1 atom stereocenters. The number of nitrogens with zero attached hydrogens (tertiary/aromatic N) is 3. The van der Waals surface area contributed by atoms with Crippen LogP contribution in [-0.2, 0) is 9.53 Å². The Balaban J connectivity index is 1.48. The molecule has 1 aliphatic carbocycles. The number of rotatable bonds is 7. The molecule has 1 saturated carbocycles. The molecular weight excluding hydrogens is 363 g/mol. The Kier molecular flexibility index (Phi) is 6.86. The highest BCUT2D eigenvalue weighted by molar-refractivity contribution is 5.73. The molecule has 8 heteroatoms. The lowest BCUT2D eigenvalue weighted by Crippen LogP contribution is -2.37. The van der Waals surface area contributed by atoms with Crippen LogP contribution in [0.2, 0.25) is 0 Å². The van der Waals surface area contributed by atoms with E-state index in [0.717, 1.165) is 25.7 Å². The third kappa shape index (κ3) is 5.69. The van der Waals surface area contributed by atoms with Gasteiger partial charge in [0.05, 0.1) is 12.7 Å². The van der Waals surface area contributed by atoms with E-state index in [0.29, 0.717) is 18.0 Å². The van der Waals surface area contributed by atoms with Gasteiger partial charge in [-0.3, -0.25) is 4.79 Å². The molecule has 28 heavy (non-hydrogen) atoms. The molecule has 0 aliphatic heterocycles. The molecule has 2 aromatic rings. The Hall–Kier alpha value is -2.61. The SMILES string of the molecule is CC(=O)N[C@@H](C)COC1CCC(Oc2ncc(-c3ncccn3)cc2F)CC1. The highest BCUT2D eigenvalue weighted by Gasteiger charge is 2.25. The maximum atomic E-state index is 14.4. The molecular formula is C20H25FN4O3. The third-order valence-corrected chi connectivity index (χ3v) is 4.56. The summed E-state index contributed by atoms with van der Waals surface area (Å²) in [7, 11) is 0. The van der Waals surface area contributed by atoms with Crippen LogP contribution in [0.1, 0.15) is 39.5 Å². The summed E-state index contributed by atoms with van der Waals surface area (Å²) in [5, 5.41) is 2.80. The van der Waals surface area contributed by atoms with Crippen LogP contribution in [-0.4, -0.2) is 45.7 Å². The summed E-state index contributed by atoms with van der Waals surface area (Å²) in [4.78, 5) is 23.3. The molecule has 1 N–H and O–H groups in total. The first-order valence-corrected chi connectivity index (χ1v) is 9.49. The lowest BCUT2D eigenvalue weighted by molar-refractivity contribution is -0.120. The fourth-order valence-corrected chi connectivity index (χ4v) is 3.23. The van der Waals surface area contributed by atoms with Gasteiger partial charge in [-0.1, -0.05) is 0 Å². The van der Waals surface area contributed by atoms with Crippen molar-refractivity contribution in [2.45, 2.75) is 57.8 Å². The number of nitrogens with one attached hydrogen (secondary N) is 1. The fraction of sp³-hybridized carbons (Fsp3) is 0.500. The minimum atomic E-state index is -0.521. The maximum absolute atomic E-state index is 14.4. The lowest BCUT2D eigenvalue weighted by atomic mass is 9.95. The number of carbonyl (C=O) groups excluding carboxylic acids is 1. The Morgan fingerprint density at radius 2 is 1.89 bits per heavy atom. The summed E-state index contributed by atoms with van der Waals surface area (Å²) in [6, 6.07) is 3.03. The zero-order valence-corrected chi connectivity index (χ0v) is 16.1. The van der Waals surface area contributed by atoms with Gasteiger partial charge in [0.25, 0.3) is 5.88 Å². The Bertz CT molecular complexity index is 782. The van der Waals surface area contributed by atoms with Gasteiger partial charge in [-0.25, -0.2) is 19.3 Å². The summed E-state index contributed by atoms with van der Waals surface area (Å²) >= 11 is 0. The number of halogens is 1. The summed E-state index contributed by atoms with van der Waals surface area (Å²) in [5.41, 5.74) is 0.510. The molecule has 0 aromatic carbocycles. The van der Waals surface area contributed by atoms with Crippen LogP contribution in [0.15, 0.2) is 30.7 Å². The van der Waals surface area contributed by atoms with Crippen molar-refractivity contribution in [1.82, 2.24) is 20.3 Å². The van der Waals surface area contributed by atoms with E-state index in [1.165, 1.54) is 19.2 Å². The topological polar surface area (TPSA) is 86.2 Å². The average molecular weight is 388 g/mol. The van der Waals surface area contributed by atoms with E-state index in [9.17, 15) is 9.18 Å². The van der Waals surface area contributed by atoms with Crippen LogP contribution >= 0.6 is 0 Å². The predicted octanol–water partition coefficient (Wildman–Crippen LogP) is 2.91. The van der Waals surface area contributed by atoms with Gasteiger partial charge in [-0.15, -0.1) is 0 Å². The Labute approximate surface area is 163 Å². The number of carbonyl (C=O) groups is 1. The third-order valence-electron chi connectivity index (χ3n) is 4.56. The second kappa shape index (κ2) is 9.54. The molecule has 0 bridgehead atoms. The first-order valence-electron chi connectivity index (χ1n) is 9.49. The van der Waals surface area contributed by atoms with Crippen molar-refractivity contribution < 1.29 is 18.7 Å². The monoisotopic (exact) mass is 388 g/mol. The minimum Gasteiger partial charge on any atom is -0.472 e. The van der Waals surface area contributed by atoms with E-state index < -0.39 is 5.82 Å². The van der Waals surface area contributed by atoms with Gasteiger partial charge in [0, 0.05) is 37.1 Å². The van der Waals surface area contributed by atoms with Crippen molar-refractivity contribution >= 4 is 5.91 Å². The van der Waals surface area contributed by atoms with Gasteiger partial charge in [0.15, 0.2) is 11.6 Å². The van der Waals surface area contributed by atoms with Crippen LogP contribution < -0.4 is 10.1 Å². The van der Waals surface area contributed by atoms with Gasteiger partial charge in [-0.2, -0.15) is 0 Å². The molecule has 1 amide bonds. The normalized spacial score (nSPS) is 20.4. The summed E-state index contributed by atoms with van der Waals surface area (Å²) in [6.07, 6.45) is 7.95. The molecule has 1 aliphatic rings. The van der Waals surface area contributed by atoms with E-state index in [1.54, 1.807) is 18.5 Å². The van der Waals surface area contributed by atoms with Crippen LogP contribution in [0.4, 0.5) is 4.39 Å². The van der Waals surface area contributed by atoms with Crippen molar-refractivity contribution in [3.63, 3.8) is 0 Å². The highest BCUT2D eigenvalue weighted by Crippen LogP contribution is 2.27. The summed E-state index contributed by atoms with van der Waals surface area (Å²) in [5.74, 6) is -0.157. The minimum absolute atomic E-state index is 0.00308. The summed E-state index contributed by atoms with van der Waals surface area (Å²) < 4.78 is 26.0. The zero-order chi connectivity index (χ0) is 19.9. The molecule has 2 aromatic heterocycles. The predicted molar refractivity (Wildman–Crippen MR) is 101 cm³/mol. The molecule has 2 heterocycles. The van der Waals surface area contributed by atoms with Crippen LogP contribution in [0.3, 0.4) is 0 Å². The van der Waals surface area contributed by atoms with Gasteiger partial charge in [-0.05, 0) is 44.7 Å². The van der Waals surface area contributed by atoms with E-state index in [4.69, 9.17) is 9.47 Å². The van der Waals surface area contributed by atoms with Crippen molar-refractivity contribution in [2.24, 2.45) is 0 Å². The molecule has 7 nitrogen and oxygen atoms in total. The van der Waals surface area contributed by atoms with Gasteiger partial charge in [0.1, 0.15) is 6.10 Å². The van der Waals surface area contributed by atoms with Crippen LogP contribution in [0.25, 0.3) is 11.4 Å². The average Bonchev–Trinajstić information content (AvgIpc) is 2.69. The largest absolute Gasteiger partial charge is 0.472 e. The quantitative estimate of drug-likeness (QED) is 0.785. The van der Waals surface area contributed by atoms with E-state index in [2.05, 4.69) is 20.3 Å². The van der Waals surface area contributed by atoms with E-state index in [-0.39, 0.29) is 30.0 Å². The highest BCUT2D eigenvalue weighted by atomic mass is 19.1. The maximum Gasteiger partial charge on any atom is 0.250 e. The molecule has 1 fully saturated rings. The number of aromatic nitrogens is 3. The first kappa shape index (κ1) is 20.1. The van der Waals surface area contributed by atoms with E-state index in [1.807, 2.05) is 6.92 Å². The first-order chi connectivity index (χ1) is 13.5. The van der Waals surface area contributed by atoms with Crippen molar-refractivity contribution in [2.75, 3.05) is 6.61 Å². The van der Waals surface area contributed by atoms with Crippen LogP contribution in [0, 0.1) is 5.82 Å².